The molecule has 1 aromatic heterocycles. The van der Waals surface area contributed by atoms with Crippen molar-refractivity contribution in [1.82, 2.24) is 4.98 Å². The summed E-state index contributed by atoms with van der Waals surface area (Å²) in [4.78, 5) is 15.5. The third-order valence-corrected chi connectivity index (χ3v) is 5.31. The van der Waals surface area contributed by atoms with E-state index in [1.807, 2.05) is 25.1 Å². The smallest absolute Gasteiger partial charge is 0.303 e. The number of carbonyl (C=O) groups is 1. The van der Waals surface area contributed by atoms with Gasteiger partial charge in [0, 0.05) is 12.0 Å². The third kappa shape index (κ3) is 4.31. The van der Waals surface area contributed by atoms with E-state index in [0.717, 1.165) is 29.8 Å². The Balaban J connectivity index is 1.38. The summed E-state index contributed by atoms with van der Waals surface area (Å²) in [6.07, 6.45) is 2.49. The van der Waals surface area contributed by atoms with Gasteiger partial charge < -0.3 is 14.3 Å². The molecule has 0 spiro atoms. The lowest BCUT2D eigenvalue weighted by atomic mass is 9.98. The van der Waals surface area contributed by atoms with Crippen molar-refractivity contribution in [3.05, 3.63) is 70.9 Å². The van der Waals surface area contributed by atoms with Crippen LogP contribution in [0.2, 0.25) is 0 Å². The Kier molecular flexibility index (Phi) is 5.34. The van der Waals surface area contributed by atoms with E-state index in [0.29, 0.717) is 30.2 Å². The molecule has 1 aliphatic rings. The highest BCUT2D eigenvalue weighted by atomic mass is 19.1. The molecule has 4 rings (SSSR count). The molecular weight excluding hydrogens is 373 g/mol. The molecule has 0 saturated carbocycles. The number of ether oxygens (including phenoxy) is 1. The van der Waals surface area contributed by atoms with Crippen LogP contribution in [0.5, 0.6) is 5.75 Å². The first-order valence-corrected chi connectivity index (χ1v) is 9.69. The van der Waals surface area contributed by atoms with Crippen molar-refractivity contribution < 1.29 is 23.4 Å². The van der Waals surface area contributed by atoms with Crippen LogP contribution in [0, 0.1) is 12.7 Å². The van der Waals surface area contributed by atoms with Crippen LogP contribution in [-0.4, -0.2) is 22.7 Å². The molecule has 0 aliphatic heterocycles. The van der Waals surface area contributed by atoms with Crippen molar-refractivity contribution in [1.29, 1.82) is 0 Å². The van der Waals surface area contributed by atoms with Crippen LogP contribution in [0.15, 0.2) is 46.9 Å². The Hall–Kier alpha value is -3.15. The Morgan fingerprint density at radius 3 is 2.97 bits per heavy atom. The molecule has 150 valence electrons. The molecular formula is C23H22FNO4. The number of oxazole rings is 1. The average Bonchev–Trinajstić information content (AvgIpc) is 3.25. The first kappa shape index (κ1) is 19.2. The number of nitrogens with zero attached hydrogens (tertiary/aromatic N) is 1. The maximum Gasteiger partial charge on any atom is 0.303 e. The molecule has 2 aromatic carbocycles. The lowest BCUT2D eigenvalue weighted by Crippen LogP contribution is -2.04. The zero-order valence-electron chi connectivity index (χ0n) is 16.2. The minimum atomic E-state index is -0.760. The summed E-state index contributed by atoms with van der Waals surface area (Å²) in [5.74, 6) is 0.869. The van der Waals surface area contributed by atoms with Gasteiger partial charge in [-0.2, -0.15) is 0 Å². The Morgan fingerprint density at radius 2 is 2.17 bits per heavy atom. The Labute approximate surface area is 168 Å². The van der Waals surface area contributed by atoms with Crippen LogP contribution in [0.3, 0.4) is 0 Å². The van der Waals surface area contributed by atoms with Gasteiger partial charge in [0.2, 0.25) is 5.89 Å². The van der Waals surface area contributed by atoms with Crippen molar-refractivity contribution >= 4 is 5.97 Å². The molecule has 29 heavy (non-hydrogen) atoms. The molecule has 0 radical (unpaired) electrons. The average molecular weight is 395 g/mol. The van der Waals surface area contributed by atoms with Gasteiger partial charge in [-0.15, -0.1) is 0 Å². The summed E-state index contributed by atoms with van der Waals surface area (Å²) in [6, 6.07) is 12.0. The van der Waals surface area contributed by atoms with E-state index in [-0.39, 0.29) is 18.2 Å². The largest absolute Gasteiger partial charge is 0.493 e. The first-order chi connectivity index (χ1) is 14.0. The normalized spacial score (nSPS) is 15.3. The van der Waals surface area contributed by atoms with Gasteiger partial charge in [0.1, 0.15) is 17.3 Å². The van der Waals surface area contributed by atoms with E-state index >= 15 is 0 Å². The summed E-state index contributed by atoms with van der Waals surface area (Å²) >= 11 is 0. The molecule has 0 amide bonds. The summed E-state index contributed by atoms with van der Waals surface area (Å²) < 4.78 is 25.0. The summed E-state index contributed by atoms with van der Waals surface area (Å²) in [5, 5.41) is 9.03. The number of aliphatic carboxylic acids is 1. The minimum absolute atomic E-state index is 0.0931. The number of carboxylic acid groups (broad SMARTS) is 1. The minimum Gasteiger partial charge on any atom is -0.493 e. The van der Waals surface area contributed by atoms with Crippen LogP contribution in [-0.2, 0) is 17.6 Å². The van der Waals surface area contributed by atoms with Gasteiger partial charge in [-0.1, -0.05) is 12.1 Å². The maximum absolute atomic E-state index is 13.4. The van der Waals surface area contributed by atoms with Crippen LogP contribution >= 0.6 is 0 Å². The molecule has 0 bridgehead atoms. The standard InChI is InChI=1S/C23H22FNO4/c1-14-21(25-23(29-14)17-3-2-4-18(24)11-17)9-10-28-19-7-8-20-15(12-19)5-6-16(20)13-22(26)27/h2-4,7-8,11-12,16H,5-6,9-10,13H2,1H3,(H,26,27)/t16-/m0/s1. The van der Waals surface area contributed by atoms with Gasteiger partial charge in [-0.3, -0.25) is 4.79 Å². The van der Waals surface area contributed by atoms with Crippen LogP contribution in [0.4, 0.5) is 4.39 Å². The third-order valence-electron chi connectivity index (χ3n) is 5.31. The fourth-order valence-corrected chi connectivity index (χ4v) is 3.87. The number of halogens is 1. The maximum atomic E-state index is 13.4. The number of hydrogen-bond donors (Lipinski definition) is 1. The predicted octanol–water partition coefficient (Wildman–Crippen LogP) is 4.92. The van der Waals surface area contributed by atoms with E-state index in [9.17, 15) is 9.18 Å². The number of hydrogen-bond acceptors (Lipinski definition) is 4. The molecule has 6 heteroatoms. The molecule has 1 atom stereocenters. The molecule has 5 nitrogen and oxygen atoms in total. The number of carboxylic acids is 1. The number of aromatic nitrogens is 1. The van der Waals surface area contributed by atoms with Crippen LogP contribution in [0.1, 0.15) is 41.3 Å². The fraction of sp³-hybridized carbons (Fsp3) is 0.304. The quantitative estimate of drug-likeness (QED) is 0.615. The highest BCUT2D eigenvalue weighted by Crippen LogP contribution is 2.37. The van der Waals surface area contributed by atoms with Gasteiger partial charge >= 0.3 is 5.97 Å². The molecule has 1 N–H and O–H groups in total. The van der Waals surface area contributed by atoms with E-state index in [4.69, 9.17) is 14.3 Å². The summed E-state index contributed by atoms with van der Waals surface area (Å²) in [5.41, 5.74) is 3.67. The van der Waals surface area contributed by atoms with E-state index in [1.54, 1.807) is 12.1 Å². The molecule has 1 heterocycles. The summed E-state index contributed by atoms with van der Waals surface area (Å²) in [6.45, 7) is 2.27. The number of rotatable bonds is 7. The Bertz CT molecular complexity index is 1040. The number of fused-ring (bicyclic) bond motifs is 1. The summed E-state index contributed by atoms with van der Waals surface area (Å²) in [7, 11) is 0. The van der Waals surface area contributed by atoms with Gasteiger partial charge in [0.15, 0.2) is 0 Å². The molecule has 0 unspecified atom stereocenters. The number of aryl methyl sites for hydroxylation is 2. The SMILES string of the molecule is Cc1oc(-c2cccc(F)c2)nc1CCOc1ccc2c(c1)CC[C@H]2CC(=O)O. The monoisotopic (exact) mass is 395 g/mol. The highest BCUT2D eigenvalue weighted by Gasteiger charge is 2.25. The zero-order chi connectivity index (χ0) is 20.4. The second kappa shape index (κ2) is 8.07. The zero-order valence-corrected chi connectivity index (χ0v) is 16.2. The highest BCUT2D eigenvalue weighted by molar-refractivity contribution is 5.68. The fourth-order valence-electron chi connectivity index (χ4n) is 3.87. The van der Waals surface area contributed by atoms with E-state index in [2.05, 4.69) is 4.98 Å². The van der Waals surface area contributed by atoms with Gasteiger partial charge in [0.25, 0.3) is 0 Å². The second-order valence-corrected chi connectivity index (χ2v) is 7.32. The molecule has 3 aromatic rings. The Morgan fingerprint density at radius 1 is 1.31 bits per heavy atom. The lowest BCUT2D eigenvalue weighted by molar-refractivity contribution is -0.137. The van der Waals surface area contributed by atoms with Gasteiger partial charge in [-0.25, -0.2) is 9.37 Å². The molecule has 0 fully saturated rings. The van der Waals surface area contributed by atoms with E-state index in [1.165, 1.54) is 17.7 Å². The van der Waals surface area contributed by atoms with Crippen LogP contribution < -0.4 is 4.74 Å². The van der Waals surface area contributed by atoms with Gasteiger partial charge in [0.05, 0.1) is 18.7 Å². The lowest BCUT2D eigenvalue weighted by Gasteiger charge is -2.10. The predicted molar refractivity (Wildman–Crippen MR) is 106 cm³/mol. The van der Waals surface area contributed by atoms with Crippen molar-refractivity contribution in [2.24, 2.45) is 0 Å². The van der Waals surface area contributed by atoms with E-state index < -0.39 is 5.97 Å². The number of benzene rings is 2. The van der Waals surface area contributed by atoms with Crippen molar-refractivity contribution in [2.45, 2.75) is 38.5 Å². The molecule has 1 aliphatic carbocycles. The first-order valence-electron chi connectivity index (χ1n) is 9.69. The van der Waals surface area contributed by atoms with Crippen molar-refractivity contribution in [3.63, 3.8) is 0 Å². The van der Waals surface area contributed by atoms with Crippen molar-refractivity contribution in [3.8, 4) is 17.2 Å². The van der Waals surface area contributed by atoms with Gasteiger partial charge in [-0.05, 0) is 67.1 Å². The molecule has 0 saturated heterocycles. The van der Waals surface area contributed by atoms with Crippen LogP contribution in [0.25, 0.3) is 11.5 Å². The second-order valence-electron chi connectivity index (χ2n) is 7.32. The van der Waals surface area contributed by atoms with Crippen molar-refractivity contribution in [2.75, 3.05) is 6.61 Å². The topological polar surface area (TPSA) is 72.6 Å².